The van der Waals surface area contributed by atoms with Gasteiger partial charge in [0, 0.05) is 18.5 Å². The number of hydrogen-bond acceptors (Lipinski definition) is 5. The number of benzene rings is 1. The lowest BCUT2D eigenvalue weighted by Crippen LogP contribution is -2.08. The minimum absolute atomic E-state index is 0.521. The van der Waals surface area contributed by atoms with E-state index in [4.69, 9.17) is 10.1 Å². The van der Waals surface area contributed by atoms with E-state index in [-0.39, 0.29) is 0 Å². The van der Waals surface area contributed by atoms with Crippen molar-refractivity contribution in [2.75, 3.05) is 0 Å². The number of hydrogen-bond donors (Lipinski definition) is 1. The second kappa shape index (κ2) is 9.77. The van der Waals surface area contributed by atoms with Gasteiger partial charge in [0.25, 0.3) is 0 Å². The summed E-state index contributed by atoms with van der Waals surface area (Å²) in [5.41, 5.74) is 4.19. The molecule has 4 aromatic rings. The van der Waals surface area contributed by atoms with Crippen molar-refractivity contribution in [3.63, 3.8) is 0 Å². The number of nitrogens with zero attached hydrogens (tertiary/aromatic N) is 7. The monoisotopic (exact) mass is 496 g/mol. The van der Waals surface area contributed by atoms with Gasteiger partial charge >= 0.3 is 0 Å². The summed E-state index contributed by atoms with van der Waals surface area (Å²) in [6.45, 7) is 8.78. The Bertz CT molecular complexity index is 1170. The fraction of sp³-hybridized carbons (Fsp3) is 0.435. The third-order valence-corrected chi connectivity index (χ3v) is 6.02. The predicted octanol–water partition coefficient (Wildman–Crippen LogP) is 5.10. The number of aromatic nitrogens is 8. The summed E-state index contributed by atoms with van der Waals surface area (Å²) in [5, 5.41) is 19.4. The van der Waals surface area contributed by atoms with Gasteiger partial charge in [-0.3, -0.25) is 0 Å². The van der Waals surface area contributed by atoms with Crippen LogP contribution in [0, 0.1) is 5.92 Å². The second-order valence-electron chi connectivity index (χ2n) is 8.34. The van der Waals surface area contributed by atoms with Crippen molar-refractivity contribution in [1.82, 2.24) is 40.0 Å². The lowest BCUT2D eigenvalue weighted by Gasteiger charge is -2.15. The fourth-order valence-corrected chi connectivity index (χ4v) is 4.38. The molecular weight excluding hydrogens is 468 g/mol. The van der Waals surface area contributed by atoms with Crippen molar-refractivity contribution in [3.05, 3.63) is 52.1 Å². The molecule has 3 aromatic heterocycles. The Labute approximate surface area is 196 Å². The molecule has 0 saturated heterocycles. The van der Waals surface area contributed by atoms with Gasteiger partial charge in [-0.2, -0.15) is 10.3 Å². The molecule has 168 valence electrons. The number of rotatable bonds is 9. The van der Waals surface area contributed by atoms with Crippen molar-refractivity contribution >= 4 is 15.9 Å². The number of aromatic amines is 1. The molecule has 1 aromatic carbocycles. The summed E-state index contributed by atoms with van der Waals surface area (Å²) >= 11 is 3.66. The first-order valence-corrected chi connectivity index (χ1v) is 12.0. The van der Waals surface area contributed by atoms with Crippen LogP contribution < -0.4 is 0 Å². The van der Waals surface area contributed by atoms with Crippen molar-refractivity contribution in [1.29, 1.82) is 0 Å². The van der Waals surface area contributed by atoms with Crippen molar-refractivity contribution in [2.45, 2.75) is 59.8 Å². The Morgan fingerprint density at radius 1 is 1.12 bits per heavy atom. The topological polar surface area (TPSA) is 90.1 Å². The minimum Gasteiger partial charge on any atom is -0.301 e. The molecule has 0 aliphatic rings. The maximum Gasteiger partial charge on any atom is 0.221 e. The minimum atomic E-state index is 0.521. The van der Waals surface area contributed by atoms with Crippen LogP contribution in [-0.4, -0.2) is 40.0 Å². The maximum absolute atomic E-state index is 4.91. The third-order valence-electron chi connectivity index (χ3n) is 5.40. The molecule has 0 fully saturated rings. The normalized spacial score (nSPS) is 11.6. The Hall–Kier alpha value is -2.81. The van der Waals surface area contributed by atoms with Crippen LogP contribution in [0.2, 0.25) is 0 Å². The van der Waals surface area contributed by atoms with Crippen molar-refractivity contribution < 1.29 is 0 Å². The quantitative estimate of drug-likeness (QED) is 0.347. The number of aryl methyl sites for hydroxylation is 2. The lowest BCUT2D eigenvalue weighted by molar-refractivity contribution is 0.618. The first kappa shape index (κ1) is 22.4. The van der Waals surface area contributed by atoms with E-state index in [1.165, 1.54) is 5.56 Å². The average molecular weight is 497 g/mol. The van der Waals surface area contributed by atoms with Gasteiger partial charge < -0.3 is 4.57 Å². The number of H-pyrrole nitrogens is 1. The summed E-state index contributed by atoms with van der Waals surface area (Å²) in [6.07, 6.45) is 4.93. The molecule has 0 amide bonds. The zero-order chi connectivity index (χ0) is 22.7. The average Bonchev–Trinajstić information content (AvgIpc) is 3.51. The molecule has 0 spiro atoms. The summed E-state index contributed by atoms with van der Waals surface area (Å²) < 4.78 is 5.06. The molecule has 1 N–H and O–H groups in total. The van der Waals surface area contributed by atoms with E-state index in [1.54, 1.807) is 0 Å². The highest BCUT2D eigenvalue weighted by Gasteiger charge is 2.18. The van der Waals surface area contributed by atoms with E-state index >= 15 is 0 Å². The molecule has 0 atom stereocenters. The zero-order valence-electron chi connectivity index (χ0n) is 19.0. The maximum atomic E-state index is 4.91. The van der Waals surface area contributed by atoms with Crippen LogP contribution in [0.3, 0.4) is 0 Å². The van der Waals surface area contributed by atoms with E-state index in [1.807, 2.05) is 12.1 Å². The van der Waals surface area contributed by atoms with Crippen LogP contribution >= 0.6 is 15.9 Å². The summed E-state index contributed by atoms with van der Waals surface area (Å²) in [4.78, 5) is 4.89. The molecule has 9 heteroatoms. The van der Waals surface area contributed by atoms with Gasteiger partial charge in [-0.05, 0) is 75.8 Å². The molecule has 0 bridgehead atoms. The van der Waals surface area contributed by atoms with Crippen LogP contribution in [0.4, 0.5) is 0 Å². The van der Waals surface area contributed by atoms with Crippen LogP contribution in [0.15, 0.2) is 34.9 Å². The lowest BCUT2D eigenvalue weighted by atomic mass is 10.1. The van der Waals surface area contributed by atoms with Gasteiger partial charge in [-0.15, -0.1) is 10.2 Å². The molecule has 3 heterocycles. The second-order valence-corrected chi connectivity index (χ2v) is 9.15. The van der Waals surface area contributed by atoms with Gasteiger partial charge in [-0.25, -0.2) is 9.67 Å². The zero-order valence-corrected chi connectivity index (χ0v) is 20.6. The third kappa shape index (κ3) is 4.53. The molecule has 0 radical (unpaired) electrons. The standard InChI is InChI=1S/C23H29BrN8/c1-5-7-8-22-25-21(13-15(3)4)28-32(22)18-10-9-17(14-16(18)6-2)31-19(11-12-20(31)24)23-26-29-30-27-23/h9-12,14-15H,5-8,13H2,1-4H3,(H,26,27,29,30). The highest BCUT2D eigenvalue weighted by Crippen LogP contribution is 2.29. The smallest absolute Gasteiger partial charge is 0.221 e. The molecule has 0 aliphatic carbocycles. The number of tetrazole rings is 1. The predicted molar refractivity (Wildman–Crippen MR) is 128 cm³/mol. The van der Waals surface area contributed by atoms with Crippen LogP contribution in [0.25, 0.3) is 22.9 Å². The first-order chi connectivity index (χ1) is 15.5. The van der Waals surface area contributed by atoms with Gasteiger partial charge in [0.1, 0.15) is 5.82 Å². The SMILES string of the molecule is CCCCc1nc(CC(C)C)nn1-c1ccc(-n2c(Br)ccc2-c2nn[nH]n2)cc1CC. The highest BCUT2D eigenvalue weighted by atomic mass is 79.9. The fourth-order valence-electron chi connectivity index (χ4n) is 3.85. The van der Waals surface area contributed by atoms with E-state index in [0.29, 0.717) is 11.7 Å². The van der Waals surface area contributed by atoms with E-state index in [2.05, 4.69) is 91.7 Å². The van der Waals surface area contributed by atoms with Crippen LogP contribution in [0.1, 0.15) is 57.7 Å². The van der Waals surface area contributed by atoms with Crippen LogP contribution in [0.5, 0.6) is 0 Å². The van der Waals surface area contributed by atoms with E-state index < -0.39 is 0 Å². The number of unbranched alkanes of at least 4 members (excludes halogenated alkanes) is 1. The summed E-state index contributed by atoms with van der Waals surface area (Å²) in [5.74, 6) is 3.03. The first-order valence-electron chi connectivity index (χ1n) is 11.2. The Kier molecular flexibility index (Phi) is 6.83. The number of nitrogens with one attached hydrogen (secondary N) is 1. The van der Waals surface area contributed by atoms with Gasteiger partial charge in [0.2, 0.25) is 5.82 Å². The molecule has 8 nitrogen and oxygen atoms in total. The van der Waals surface area contributed by atoms with E-state index in [0.717, 1.165) is 65.4 Å². The van der Waals surface area contributed by atoms with E-state index in [9.17, 15) is 0 Å². The molecule has 32 heavy (non-hydrogen) atoms. The van der Waals surface area contributed by atoms with Crippen molar-refractivity contribution in [2.24, 2.45) is 5.92 Å². The van der Waals surface area contributed by atoms with Gasteiger partial charge in [0.15, 0.2) is 5.82 Å². The molecule has 0 aliphatic heterocycles. The Balaban J connectivity index is 1.78. The van der Waals surface area contributed by atoms with Crippen LogP contribution in [-0.2, 0) is 19.3 Å². The molecule has 0 unspecified atom stereocenters. The van der Waals surface area contributed by atoms with Crippen molar-refractivity contribution in [3.8, 4) is 22.9 Å². The largest absolute Gasteiger partial charge is 0.301 e. The number of halogens is 1. The molecule has 0 saturated carbocycles. The highest BCUT2D eigenvalue weighted by molar-refractivity contribution is 9.10. The Morgan fingerprint density at radius 2 is 1.97 bits per heavy atom. The molecule has 4 rings (SSSR count). The Morgan fingerprint density at radius 3 is 2.66 bits per heavy atom. The van der Waals surface area contributed by atoms with Gasteiger partial charge in [-0.1, -0.05) is 34.1 Å². The summed E-state index contributed by atoms with van der Waals surface area (Å²) in [7, 11) is 0. The van der Waals surface area contributed by atoms with Gasteiger partial charge in [0.05, 0.1) is 16.0 Å². The summed E-state index contributed by atoms with van der Waals surface area (Å²) in [6, 6.07) is 10.4. The molecular formula is C23H29BrN8.